The molecule has 0 aromatic rings. The van der Waals surface area contributed by atoms with Gasteiger partial charge in [-0.25, -0.2) is 0 Å². The van der Waals surface area contributed by atoms with Crippen molar-refractivity contribution >= 4 is 7.60 Å². The molecule has 7 nitrogen and oxygen atoms in total. The molecule has 0 amide bonds. The predicted molar refractivity (Wildman–Crippen MR) is 75.4 cm³/mol. The van der Waals surface area contributed by atoms with Crippen LogP contribution in [0.2, 0.25) is 0 Å². The van der Waals surface area contributed by atoms with E-state index in [0.717, 1.165) is 12.8 Å². The van der Waals surface area contributed by atoms with Crippen LogP contribution in [-0.2, 0) is 28.0 Å². The van der Waals surface area contributed by atoms with Crippen LogP contribution in [0.4, 0.5) is 0 Å². The smallest absolute Gasteiger partial charge is 0.353 e. The van der Waals surface area contributed by atoms with E-state index < -0.39 is 19.0 Å². The molecule has 2 saturated heterocycles. The first-order valence-corrected chi connectivity index (χ1v) is 9.62. The molecular formula is C14H23O7P. The van der Waals surface area contributed by atoms with Gasteiger partial charge < -0.3 is 28.4 Å². The summed E-state index contributed by atoms with van der Waals surface area (Å²) in [4.78, 5) is 9.62. The quantitative estimate of drug-likeness (QED) is 0.767. The summed E-state index contributed by atoms with van der Waals surface area (Å²) in [5.74, 6) is -0.619. The third kappa shape index (κ3) is 2.30. The average molecular weight is 334 g/mol. The number of hydrogen-bond donors (Lipinski definition) is 1. The first kappa shape index (κ1) is 15.5. The van der Waals surface area contributed by atoms with Gasteiger partial charge in [0.15, 0.2) is 5.79 Å². The Balaban J connectivity index is 1.45. The number of rotatable bonds is 5. The van der Waals surface area contributed by atoms with Crippen LogP contribution in [0.25, 0.3) is 0 Å². The summed E-state index contributed by atoms with van der Waals surface area (Å²) >= 11 is 0. The van der Waals surface area contributed by atoms with Crippen molar-refractivity contribution in [2.45, 2.75) is 75.3 Å². The Morgan fingerprint density at radius 3 is 2.59 bits per heavy atom. The maximum Gasteiger partial charge on any atom is 0.353 e. The first-order chi connectivity index (χ1) is 10.2. The molecule has 8 heteroatoms. The second kappa shape index (κ2) is 4.54. The van der Waals surface area contributed by atoms with Crippen molar-refractivity contribution in [3.63, 3.8) is 0 Å². The van der Waals surface area contributed by atoms with E-state index in [1.54, 1.807) is 6.92 Å². The van der Waals surface area contributed by atoms with E-state index >= 15 is 0 Å². The second-order valence-electron chi connectivity index (χ2n) is 7.14. The van der Waals surface area contributed by atoms with Crippen LogP contribution in [0.3, 0.4) is 0 Å². The van der Waals surface area contributed by atoms with Crippen LogP contribution in [0.1, 0.15) is 40.0 Å². The normalized spacial score (nSPS) is 45.9. The zero-order valence-corrected chi connectivity index (χ0v) is 14.0. The zero-order valence-electron chi connectivity index (χ0n) is 13.1. The van der Waals surface area contributed by atoms with Gasteiger partial charge in [0, 0.05) is 6.42 Å². The van der Waals surface area contributed by atoms with Crippen molar-refractivity contribution in [1.82, 2.24) is 0 Å². The largest absolute Gasteiger partial charge is 0.362 e. The zero-order chi connectivity index (χ0) is 15.8. The Bertz CT molecular complexity index is 531. The van der Waals surface area contributed by atoms with Gasteiger partial charge in [0.2, 0.25) is 0 Å². The minimum absolute atomic E-state index is 0.0658. The van der Waals surface area contributed by atoms with E-state index in [4.69, 9.17) is 23.5 Å². The van der Waals surface area contributed by atoms with Crippen molar-refractivity contribution < 1.29 is 32.9 Å². The Hall–Kier alpha value is -0.0100. The fourth-order valence-electron chi connectivity index (χ4n) is 3.77. The van der Waals surface area contributed by atoms with Gasteiger partial charge in [-0.05, 0) is 33.6 Å². The molecule has 1 N–H and O–H groups in total. The van der Waals surface area contributed by atoms with Gasteiger partial charge >= 0.3 is 7.60 Å². The molecule has 5 atom stereocenters. The Labute approximate surface area is 129 Å². The van der Waals surface area contributed by atoms with Crippen molar-refractivity contribution in [3.05, 3.63) is 0 Å². The van der Waals surface area contributed by atoms with Crippen LogP contribution in [0, 0.1) is 0 Å². The van der Waals surface area contributed by atoms with Crippen molar-refractivity contribution in [3.8, 4) is 0 Å². The minimum Gasteiger partial charge on any atom is -0.362 e. The highest BCUT2D eigenvalue weighted by Gasteiger charge is 2.80. The van der Waals surface area contributed by atoms with Crippen LogP contribution in [0.15, 0.2) is 0 Å². The summed E-state index contributed by atoms with van der Waals surface area (Å²) in [5.41, 5.74) is -0.763. The van der Waals surface area contributed by atoms with Gasteiger partial charge in [-0.15, -0.1) is 0 Å². The summed E-state index contributed by atoms with van der Waals surface area (Å²) in [5, 5.41) is 0. The molecule has 2 saturated carbocycles. The lowest BCUT2D eigenvalue weighted by Gasteiger charge is -2.24. The van der Waals surface area contributed by atoms with Crippen molar-refractivity contribution in [2.24, 2.45) is 0 Å². The van der Waals surface area contributed by atoms with Crippen molar-refractivity contribution in [1.29, 1.82) is 0 Å². The van der Waals surface area contributed by atoms with Gasteiger partial charge in [-0.1, -0.05) is 0 Å². The number of fused-ring (bicyclic) bond motifs is 3. The molecule has 126 valence electrons. The lowest BCUT2D eigenvalue weighted by atomic mass is 10.1. The van der Waals surface area contributed by atoms with Gasteiger partial charge in [0.05, 0.1) is 18.3 Å². The van der Waals surface area contributed by atoms with Crippen LogP contribution < -0.4 is 0 Å². The summed E-state index contributed by atoms with van der Waals surface area (Å²) in [6, 6.07) is 0. The van der Waals surface area contributed by atoms with Gasteiger partial charge in [-0.3, -0.25) is 4.57 Å². The molecule has 0 radical (unpaired) electrons. The lowest BCUT2D eigenvalue weighted by Crippen LogP contribution is -2.34. The molecule has 4 rings (SSSR count). The maximum atomic E-state index is 11.7. The van der Waals surface area contributed by atoms with Gasteiger partial charge in [0.1, 0.15) is 24.2 Å². The highest BCUT2D eigenvalue weighted by molar-refractivity contribution is 7.52. The van der Waals surface area contributed by atoms with Crippen molar-refractivity contribution in [2.75, 3.05) is 13.0 Å². The molecule has 2 unspecified atom stereocenters. The molecule has 4 fully saturated rings. The second-order valence-corrected chi connectivity index (χ2v) is 8.93. The van der Waals surface area contributed by atoms with Crippen LogP contribution >= 0.6 is 7.60 Å². The maximum absolute atomic E-state index is 11.7. The highest BCUT2D eigenvalue weighted by Crippen LogP contribution is 2.67. The summed E-state index contributed by atoms with van der Waals surface area (Å²) in [6.45, 7) is 5.67. The average Bonchev–Trinajstić information content (AvgIpc) is 3.27. The molecule has 2 spiro atoms. The fourth-order valence-corrected chi connectivity index (χ4v) is 4.61. The molecule has 0 aromatic heterocycles. The van der Waals surface area contributed by atoms with E-state index in [-0.39, 0.29) is 36.9 Å². The monoisotopic (exact) mass is 334 g/mol. The molecule has 0 bridgehead atoms. The summed E-state index contributed by atoms with van der Waals surface area (Å²) < 4.78 is 40.5. The Morgan fingerprint density at radius 1 is 1.27 bits per heavy atom. The summed E-state index contributed by atoms with van der Waals surface area (Å²) in [7, 11) is -3.68. The van der Waals surface area contributed by atoms with Crippen LogP contribution in [0.5, 0.6) is 0 Å². The Kier molecular flexibility index (Phi) is 3.20. The van der Waals surface area contributed by atoms with Gasteiger partial charge in [-0.2, -0.15) is 0 Å². The molecule has 2 aliphatic heterocycles. The first-order valence-electron chi connectivity index (χ1n) is 7.86. The standard InChI is InChI=1S/C14H23O7P/c1-4-18-22(15,16)8-17-9-7-14(9)11-10(13(21-14)5-6-13)19-12(2,3)20-11/h9-11H,4-8H2,1-3H3,(H,15,16)/t9-,10-,11+,14?/m1/s1. The van der Waals surface area contributed by atoms with Crippen LogP contribution in [-0.4, -0.2) is 53.1 Å². The number of hydrogen-bond acceptors (Lipinski definition) is 6. The molecule has 2 aliphatic carbocycles. The van der Waals surface area contributed by atoms with E-state index in [1.807, 2.05) is 13.8 Å². The van der Waals surface area contributed by atoms with E-state index in [2.05, 4.69) is 0 Å². The number of ether oxygens (including phenoxy) is 4. The molecular weight excluding hydrogens is 311 g/mol. The fraction of sp³-hybridized carbons (Fsp3) is 1.00. The molecule has 0 aromatic carbocycles. The van der Waals surface area contributed by atoms with E-state index in [0.29, 0.717) is 6.42 Å². The van der Waals surface area contributed by atoms with E-state index in [1.165, 1.54) is 0 Å². The third-order valence-corrected chi connectivity index (χ3v) is 6.03. The SMILES string of the molecule is CCOP(=O)(O)CO[C@@H]1CC12OC1(CC1)[C@@H]1OC(C)(C)O[C@@H]12. The highest BCUT2D eigenvalue weighted by atomic mass is 31.2. The topological polar surface area (TPSA) is 83.5 Å². The molecule has 22 heavy (non-hydrogen) atoms. The Morgan fingerprint density at radius 2 is 1.95 bits per heavy atom. The summed E-state index contributed by atoms with van der Waals surface area (Å²) in [6.07, 6.45) is 1.83. The van der Waals surface area contributed by atoms with E-state index in [9.17, 15) is 9.46 Å². The lowest BCUT2D eigenvalue weighted by molar-refractivity contribution is -0.201. The minimum atomic E-state index is -3.68. The third-order valence-electron chi connectivity index (χ3n) is 4.89. The predicted octanol–water partition coefficient (Wildman–Crippen LogP) is 1.78. The van der Waals surface area contributed by atoms with Gasteiger partial charge in [0.25, 0.3) is 0 Å². The molecule has 2 heterocycles. The molecule has 4 aliphatic rings.